The second-order valence-electron chi connectivity index (χ2n) is 6.11. The number of esters is 1. The van der Waals surface area contributed by atoms with Crippen molar-refractivity contribution >= 4 is 12.3 Å². The van der Waals surface area contributed by atoms with Crippen molar-refractivity contribution in [1.82, 2.24) is 0 Å². The second kappa shape index (κ2) is 7.25. The quantitative estimate of drug-likeness (QED) is 0.459. The summed E-state index contributed by atoms with van der Waals surface area (Å²) in [5, 5.41) is 19.4. The van der Waals surface area contributed by atoms with E-state index in [2.05, 4.69) is 0 Å². The molecule has 25 heavy (non-hydrogen) atoms. The predicted molar refractivity (Wildman–Crippen MR) is 89.1 cm³/mol. The highest BCUT2D eigenvalue weighted by Gasteiger charge is 2.41. The Hall–Kier alpha value is -2.38. The molecule has 0 saturated carbocycles. The number of cyclic esters (lactones) is 1. The molecule has 1 aromatic carbocycles. The van der Waals surface area contributed by atoms with E-state index in [1.165, 1.54) is 7.11 Å². The summed E-state index contributed by atoms with van der Waals surface area (Å²) in [6, 6.07) is 0. The number of aromatic hydroxyl groups is 1. The minimum atomic E-state index is -1.23. The van der Waals surface area contributed by atoms with Gasteiger partial charge in [0, 0.05) is 26.0 Å². The third kappa shape index (κ3) is 3.52. The number of phenols is 1. The number of benzene rings is 1. The molecule has 0 aliphatic carbocycles. The number of phenolic OH excluding ortho intramolecular Hbond substituents is 1. The fourth-order valence-corrected chi connectivity index (χ4v) is 2.68. The number of hydrogen-bond acceptors (Lipinski definition) is 7. The van der Waals surface area contributed by atoms with E-state index in [9.17, 15) is 14.7 Å². The SMILES string of the molecule is CO[C@]1(C)Cc2c(C=O)c(OC/C=C(\C)CO)c(C)c(O)c2C(=O)O1. The zero-order chi connectivity index (χ0) is 18.8. The monoisotopic (exact) mass is 350 g/mol. The van der Waals surface area contributed by atoms with Crippen molar-refractivity contribution in [3.05, 3.63) is 33.9 Å². The Morgan fingerprint density at radius 3 is 2.68 bits per heavy atom. The zero-order valence-electron chi connectivity index (χ0n) is 14.7. The van der Waals surface area contributed by atoms with Gasteiger partial charge in [-0.2, -0.15) is 0 Å². The summed E-state index contributed by atoms with van der Waals surface area (Å²) in [5.41, 5.74) is 1.46. The van der Waals surface area contributed by atoms with Gasteiger partial charge in [-0.3, -0.25) is 4.79 Å². The van der Waals surface area contributed by atoms with Crippen LogP contribution in [-0.4, -0.2) is 48.6 Å². The molecule has 1 aliphatic heterocycles. The second-order valence-corrected chi connectivity index (χ2v) is 6.11. The summed E-state index contributed by atoms with van der Waals surface area (Å²) in [5.74, 6) is -2.06. The van der Waals surface area contributed by atoms with Gasteiger partial charge in [-0.1, -0.05) is 0 Å². The molecular formula is C18H22O7. The van der Waals surface area contributed by atoms with Crippen molar-refractivity contribution in [2.45, 2.75) is 33.0 Å². The van der Waals surface area contributed by atoms with E-state index in [0.717, 1.165) is 0 Å². The van der Waals surface area contributed by atoms with E-state index in [1.54, 1.807) is 26.8 Å². The topological polar surface area (TPSA) is 102 Å². The van der Waals surface area contributed by atoms with Crippen LogP contribution in [0.3, 0.4) is 0 Å². The first kappa shape index (κ1) is 19.0. The molecule has 0 unspecified atom stereocenters. The fourth-order valence-electron chi connectivity index (χ4n) is 2.68. The van der Waals surface area contributed by atoms with Gasteiger partial charge in [-0.05, 0) is 31.1 Å². The Bertz CT molecular complexity index is 736. The van der Waals surface area contributed by atoms with Crippen molar-refractivity contribution in [1.29, 1.82) is 0 Å². The molecule has 0 amide bonds. The van der Waals surface area contributed by atoms with Crippen LogP contribution in [0.2, 0.25) is 0 Å². The number of carbonyl (C=O) groups is 2. The normalized spacial score (nSPS) is 20.0. The number of rotatable bonds is 6. The van der Waals surface area contributed by atoms with Crippen molar-refractivity contribution in [3.8, 4) is 11.5 Å². The van der Waals surface area contributed by atoms with E-state index < -0.39 is 11.8 Å². The maximum Gasteiger partial charge on any atom is 0.344 e. The lowest BCUT2D eigenvalue weighted by Crippen LogP contribution is -2.41. The van der Waals surface area contributed by atoms with E-state index in [-0.39, 0.29) is 47.8 Å². The molecule has 0 saturated heterocycles. The molecule has 2 rings (SSSR count). The lowest BCUT2D eigenvalue weighted by Gasteiger charge is -2.34. The number of hydrogen-bond donors (Lipinski definition) is 2. The highest BCUT2D eigenvalue weighted by Crippen LogP contribution is 2.42. The molecule has 2 N–H and O–H groups in total. The maximum atomic E-state index is 12.3. The van der Waals surface area contributed by atoms with E-state index in [1.807, 2.05) is 0 Å². The van der Waals surface area contributed by atoms with E-state index >= 15 is 0 Å². The summed E-state index contributed by atoms with van der Waals surface area (Å²) in [6.07, 6.45) is 2.37. The highest BCUT2D eigenvalue weighted by atomic mass is 16.7. The van der Waals surface area contributed by atoms with Crippen LogP contribution >= 0.6 is 0 Å². The summed E-state index contributed by atoms with van der Waals surface area (Å²) >= 11 is 0. The summed E-state index contributed by atoms with van der Waals surface area (Å²) in [4.78, 5) is 24.0. The Balaban J connectivity index is 2.56. The lowest BCUT2D eigenvalue weighted by atomic mass is 9.89. The molecule has 1 aliphatic rings. The number of methoxy groups -OCH3 is 1. The van der Waals surface area contributed by atoms with Crippen LogP contribution in [0.15, 0.2) is 11.6 Å². The van der Waals surface area contributed by atoms with Gasteiger partial charge in [-0.15, -0.1) is 0 Å². The molecule has 0 radical (unpaired) electrons. The van der Waals surface area contributed by atoms with E-state index in [4.69, 9.17) is 19.3 Å². The maximum absolute atomic E-state index is 12.3. The van der Waals surface area contributed by atoms with E-state index in [0.29, 0.717) is 17.4 Å². The molecule has 1 heterocycles. The molecule has 0 spiro atoms. The first-order valence-corrected chi connectivity index (χ1v) is 7.79. The minimum Gasteiger partial charge on any atom is -0.507 e. The lowest BCUT2D eigenvalue weighted by molar-refractivity contribution is -0.177. The number of carbonyl (C=O) groups excluding carboxylic acids is 2. The Morgan fingerprint density at radius 2 is 2.12 bits per heavy atom. The van der Waals surface area contributed by atoms with Crippen LogP contribution in [0, 0.1) is 6.92 Å². The van der Waals surface area contributed by atoms with Crippen LogP contribution in [0.25, 0.3) is 0 Å². The standard InChI is InChI=1S/C18H22O7/c1-10(8-19)5-6-24-16-11(2)15(21)14-12(13(16)9-20)7-18(3,23-4)25-17(14)22/h5,9,19,21H,6-8H2,1-4H3/b10-5+/t18-/m0/s1. The first-order valence-electron chi connectivity index (χ1n) is 7.79. The van der Waals surface area contributed by atoms with Crippen molar-refractivity contribution in [3.63, 3.8) is 0 Å². The Labute approximate surface area is 145 Å². The number of aliphatic hydroxyl groups is 1. The smallest absolute Gasteiger partial charge is 0.344 e. The van der Waals surface area contributed by atoms with Crippen molar-refractivity contribution in [2.75, 3.05) is 20.3 Å². The summed E-state index contributed by atoms with van der Waals surface area (Å²) < 4.78 is 16.1. The van der Waals surface area contributed by atoms with Crippen LogP contribution in [-0.2, 0) is 15.9 Å². The van der Waals surface area contributed by atoms with Crippen molar-refractivity contribution < 1.29 is 34.0 Å². The molecule has 1 atom stereocenters. The van der Waals surface area contributed by atoms with Gasteiger partial charge in [0.25, 0.3) is 0 Å². The highest BCUT2D eigenvalue weighted by molar-refractivity contribution is 6.00. The molecule has 0 fully saturated rings. The minimum absolute atomic E-state index is 0.0384. The van der Waals surface area contributed by atoms with Gasteiger partial charge in [0.2, 0.25) is 5.79 Å². The fraction of sp³-hybridized carbons (Fsp3) is 0.444. The molecule has 0 aromatic heterocycles. The molecule has 1 aromatic rings. The molecular weight excluding hydrogens is 328 g/mol. The largest absolute Gasteiger partial charge is 0.507 e. The average molecular weight is 350 g/mol. The summed E-state index contributed by atoms with van der Waals surface area (Å²) in [7, 11) is 1.40. The number of aliphatic hydroxyl groups excluding tert-OH is 1. The first-order chi connectivity index (χ1) is 11.8. The Kier molecular flexibility index (Phi) is 5.49. The van der Waals surface area contributed by atoms with Gasteiger partial charge in [0.05, 0.1) is 12.2 Å². The van der Waals surface area contributed by atoms with Crippen molar-refractivity contribution in [2.24, 2.45) is 0 Å². The number of fused-ring (bicyclic) bond motifs is 1. The van der Waals surface area contributed by atoms with Gasteiger partial charge in [-0.25, -0.2) is 4.79 Å². The van der Waals surface area contributed by atoms with Gasteiger partial charge in [0.1, 0.15) is 23.7 Å². The summed E-state index contributed by atoms with van der Waals surface area (Å²) in [6.45, 7) is 4.88. The third-order valence-electron chi connectivity index (χ3n) is 4.27. The molecule has 0 bridgehead atoms. The zero-order valence-corrected chi connectivity index (χ0v) is 14.7. The third-order valence-corrected chi connectivity index (χ3v) is 4.27. The van der Waals surface area contributed by atoms with Gasteiger partial charge >= 0.3 is 5.97 Å². The Morgan fingerprint density at radius 1 is 1.44 bits per heavy atom. The molecule has 7 heteroatoms. The van der Waals surface area contributed by atoms with Crippen LogP contribution in [0.1, 0.15) is 45.7 Å². The molecule has 136 valence electrons. The average Bonchev–Trinajstić information content (AvgIpc) is 2.58. The van der Waals surface area contributed by atoms with Crippen LogP contribution in [0.4, 0.5) is 0 Å². The van der Waals surface area contributed by atoms with Gasteiger partial charge < -0.3 is 24.4 Å². The number of ether oxygens (including phenoxy) is 3. The predicted octanol–water partition coefficient (Wildman–Crippen LogP) is 1.91. The van der Waals surface area contributed by atoms with Crippen LogP contribution < -0.4 is 4.74 Å². The number of aldehydes is 1. The van der Waals surface area contributed by atoms with Gasteiger partial charge in [0.15, 0.2) is 6.29 Å². The van der Waals surface area contributed by atoms with Crippen LogP contribution in [0.5, 0.6) is 11.5 Å². The molecule has 7 nitrogen and oxygen atoms in total.